The van der Waals surface area contributed by atoms with Crippen LogP contribution in [-0.2, 0) is 5.41 Å². The molecule has 80 valence electrons. The summed E-state index contributed by atoms with van der Waals surface area (Å²) in [5.41, 5.74) is 0.210. The molecule has 0 unspecified atom stereocenters. The first kappa shape index (κ1) is 11.9. The molecule has 0 heterocycles. The number of ether oxygens (including phenoxy) is 1. The van der Waals surface area contributed by atoms with E-state index in [1.165, 1.54) is 0 Å². The van der Waals surface area contributed by atoms with Crippen LogP contribution < -0.4 is 4.74 Å². The van der Waals surface area contributed by atoms with Crippen LogP contribution in [0.25, 0.3) is 0 Å². The van der Waals surface area contributed by atoms with E-state index < -0.39 is 5.41 Å². The summed E-state index contributed by atoms with van der Waals surface area (Å²) >= 11 is 6.05. The van der Waals surface area contributed by atoms with Crippen LogP contribution in [0.15, 0.2) is 18.2 Å². The monoisotopic (exact) mass is 223 g/mol. The molecule has 1 aromatic carbocycles. The first-order chi connectivity index (χ1) is 7.01. The van der Waals surface area contributed by atoms with Crippen LogP contribution in [0.3, 0.4) is 0 Å². The van der Waals surface area contributed by atoms with E-state index in [-0.39, 0.29) is 0 Å². The van der Waals surface area contributed by atoms with E-state index in [2.05, 4.69) is 6.07 Å². The summed E-state index contributed by atoms with van der Waals surface area (Å²) in [5.74, 6) is 0.750. The highest BCUT2D eigenvalue weighted by Crippen LogP contribution is 2.32. The number of hydrogen-bond donors (Lipinski definition) is 0. The highest BCUT2D eigenvalue weighted by Gasteiger charge is 2.23. The topological polar surface area (TPSA) is 33.0 Å². The van der Waals surface area contributed by atoms with Crippen molar-refractivity contribution < 1.29 is 4.74 Å². The Hall–Kier alpha value is -1.20. The lowest BCUT2D eigenvalue weighted by Gasteiger charge is -2.18. The van der Waals surface area contributed by atoms with Gasteiger partial charge in [0.1, 0.15) is 5.75 Å². The Morgan fingerprint density at radius 1 is 1.47 bits per heavy atom. The van der Waals surface area contributed by atoms with E-state index in [0.29, 0.717) is 11.6 Å². The Bertz CT molecular complexity index is 393. The fraction of sp³-hybridized carbons (Fsp3) is 0.417. The van der Waals surface area contributed by atoms with Gasteiger partial charge in [-0.05, 0) is 44.5 Å². The third kappa shape index (κ3) is 2.64. The third-order valence-electron chi connectivity index (χ3n) is 2.20. The minimum atomic E-state index is -0.593. The number of nitrogens with zero attached hydrogens (tertiary/aromatic N) is 1. The van der Waals surface area contributed by atoms with Gasteiger partial charge in [-0.15, -0.1) is 0 Å². The fourth-order valence-corrected chi connectivity index (χ4v) is 1.65. The smallest absolute Gasteiger partial charge is 0.119 e. The lowest BCUT2D eigenvalue weighted by molar-refractivity contribution is 0.339. The van der Waals surface area contributed by atoms with Crippen LogP contribution in [0.5, 0.6) is 5.75 Å². The Kier molecular flexibility index (Phi) is 3.60. The van der Waals surface area contributed by atoms with E-state index in [0.717, 1.165) is 11.3 Å². The molecule has 0 amide bonds. The molecule has 0 fully saturated rings. The van der Waals surface area contributed by atoms with E-state index >= 15 is 0 Å². The number of nitriles is 1. The Balaban J connectivity index is 3.17. The molecular weight excluding hydrogens is 210 g/mol. The first-order valence-electron chi connectivity index (χ1n) is 4.85. The number of benzene rings is 1. The van der Waals surface area contributed by atoms with Crippen LogP contribution in [0.2, 0.25) is 5.02 Å². The summed E-state index contributed by atoms with van der Waals surface area (Å²) in [7, 11) is 0. The van der Waals surface area contributed by atoms with Gasteiger partial charge in [0.15, 0.2) is 0 Å². The van der Waals surface area contributed by atoms with Gasteiger partial charge < -0.3 is 4.74 Å². The van der Waals surface area contributed by atoms with Gasteiger partial charge in [0.2, 0.25) is 0 Å². The predicted molar refractivity (Wildman–Crippen MR) is 61.3 cm³/mol. The average Bonchev–Trinajstić information content (AvgIpc) is 2.21. The Labute approximate surface area is 95.4 Å². The molecule has 1 rings (SSSR count). The van der Waals surface area contributed by atoms with E-state index in [1.54, 1.807) is 6.07 Å². The molecule has 0 spiro atoms. The Morgan fingerprint density at radius 3 is 2.67 bits per heavy atom. The maximum atomic E-state index is 9.04. The predicted octanol–water partition coefficient (Wildman–Crippen LogP) is 3.54. The zero-order valence-electron chi connectivity index (χ0n) is 9.17. The van der Waals surface area contributed by atoms with Crippen LogP contribution >= 0.6 is 11.6 Å². The largest absolute Gasteiger partial charge is 0.494 e. The van der Waals surface area contributed by atoms with Crippen molar-refractivity contribution >= 4 is 11.6 Å². The van der Waals surface area contributed by atoms with E-state index in [4.69, 9.17) is 21.6 Å². The minimum absolute atomic E-state index is 0.593. The zero-order valence-corrected chi connectivity index (χ0v) is 9.93. The average molecular weight is 224 g/mol. The molecular formula is C12H14ClNO. The quantitative estimate of drug-likeness (QED) is 0.785. The molecule has 0 aliphatic carbocycles. The maximum absolute atomic E-state index is 9.04. The molecule has 0 atom stereocenters. The van der Waals surface area contributed by atoms with E-state index in [1.807, 2.05) is 32.9 Å². The molecule has 0 N–H and O–H groups in total. The molecule has 1 aromatic rings. The molecule has 0 saturated heterocycles. The molecule has 0 radical (unpaired) electrons. The van der Waals surface area contributed by atoms with Crippen LogP contribution in [-0.4, -0.2) is 6.61 Å². The molecule has 0 aromatic heterocycles. The van der Waals surface area contributed by atoms with Crippen molar-refractivity contribution in [1.29, 1.82) is 5.26 Å². The summed E-state index contributed by atoms with van der Waals surface area (Å²) < 4.78 is 5.37. The summed E-state index contributed by atoms with van der Waals surface area (Å²) in [6.45, 7) is 6.20. The van der Waals surface area contributed by atoms with Crippen molar-refractivity contribution in [3.63, 3.8) is 0 Å². The highest BCUT2D eigenvalue weighted by atomic mass is 35.5. The van der Waals surface area contributed by atoms with Gasteiger partial charge in [-0.25, -0.2) is 0 Å². The molecule has 0 aliphatic heterocycles. The maximum Gasteiger partial charge on any atom is 0.119 e. The van der Waals surface area contributed by atoms with Crippen molar-refractivity contribution in [3.8, 4) is 11.8 Å². The zero-order chi connectivity index (χ0) is 11.5. The number of hydrogen-bond acceptors (Lipinski definition) is 2. The molecule has 0 bridgehead atoms. The van der Waals surface area contributed by atoms with Gasteiger partial charge in [0.25, 0.3) is 0 Å². The highest BCUT2D eigenvalue weighted by molar-refractivity contribution is 6.31. The van der Waals surface area contributed by atoms with Crippen molar-refractivity contribution in [3.05, 3.63) is 28.8 Å². The second-order valence-electron chi connectivity index (χ2n) is 3.81. The van der Waals surface area contributed by atoms with Gasteiger partial charge in [0, 0.05) is 5.02 Å². The number of halogens is 1. The van der Waals surface area contributed by atoms with Crippen molar-refractivity contribution in [2.45, 2.75) is 26.2 Å². The van der Waals surface area contributed by atoms with Gasteiger partial charge in [-0.3, -0.25) is 0 Å². The normalized spacial score (nSPS) is 10.9. The fourth-order valence-electron chi connectivity index (χ4n) is 1.30. The SMILES string of the molecule is CCOc1ccc(Cl)c(C(C)(C)C#N)c1. The standard InChI is InChI=1S/C12H14ClNO/c1-4-15-9-5-6-11(13)10(7-9)12(2,3)8-14/h5-7H,4H2,1-3H3. The number of rotatable bonds is 3. The second kappa shape index (κ2) is 4.55. The summed E-state index contributed by atoms with van der Waals surface area (Å²) in [6, 6.07) is 7.63. The van der Waals surface area contributed by atoms with E-state index in [9.17, 15) is 0 Å². The first-order valence-corrected chi connectivity index (χ1v) is 5.23. The van der Waals surface area contributed by atoms with Gasteiger partial charge >= 0.3 is 0 Å². The van der Waals surface area contributed by atoms with Gasteiger partial charge in [-0.2, -0.15) is 5.26 Å². The lowest BCUT2D eigenvalue weighted by atomic mass is 9.86. The van der Waals surface area contributed by atoms with Crippen LogP contribution in [0.1, 0.15) is 26.3 Å². The molecule has 2 nitrogen and oxygen atoms in total. The van der Waals surface area contributed by atoms with Crippen molar-refractivity contribution in [1.82, 2.24) is 0 Å². The molecule has 0 aliphatic rings. The van der Waals surface area contributed by atoms with Crippen LogP contribution in [0, 0.1) is 11.3 Å². The van der Waals surface area contributed by atoms with Crippen molar-refractivity contribution in [2.75, 3.05) is 6.61 Å². The lowest BCUT2D eigenvalue weighted by Crippen LogP contribution is -2.14. The van der Waals surface area contributed by atoms with Gasteiger partial charge in [0.05, 0.1) is 18.1 Å². The van der Waals surface area contributed by atoms with Gasteiger partial charge in [-0.1, -0.05) is 11.6 Å². The van der Waals surface area contributed by atoms with Crippen LogP contribution in [0.4, 0.5) is 0 Å². The molecule has 3 heteroatoms. The summed E-state index contributed by atoms with van der Waals surface area (Å²) in [5, 5.41) is 9.65. The van der Waals surface area contributed by atoms with Crippen molar-refractivity contribution in [2.24, 2.45) is 0 Å². The summed E-state index contributed by atoms with van der Waals surface area (Å²) in [6.07, 6.45) is 0. The third-order valence-corrected chi connectivity index (χ3v) is 2.53. The second-order valence-corrected chi connectivity index (χ2v) is 4.22. The molecule has 15 heavy (non-hydrogen) atoms. The Morgan fingerprint density at radius 2 is 2.13 bits per heavy atom. The summed E-state index contributed by atoms with van der Waals surface area (Å²) in [4.78, 5) is 0. The molecule has 0 saturated carbocycles. The minimum Gasteiger partial charge on any atom is -0.494 e.